The van der Waals surface area contributed by atoms with Gasteiger partial charge in [0.15, 0.2) is 0 Å². The number of nitrogens with one attached hydrogen (secondary N) is 1. The van der Waals surface area contributed by atoms with Gasteiger partial charge in [-0.15, -0.1) is 12.4 Å². The maximum absolute atomic E-state index is 13.2. The largest absolute Gasteiger partial charge is 0.355 e. The summed E-state index contributed by atoms with van der Waals surface area (Å²) in [6.45, 7) is 2.44. The van der Waals surface area contributed by atoms with Crippen molar-refractivity contribution in [1.29, 1.82) is 0 Å². The maximum atomic E-state index is 13.2. The third-order valence-electron chi connectivity index (χ3n) is 4.40. The van der Waals surface area contributed by atoms with Crippen LogP contribution in [-0.2, 0) is 10.2 Å². The van der Waals surface area contributed by atoms with E-state index >= 15 is 0 Å². The molecule has 2 rings (SSSR count). The molecule has 1 aromatic rings. The first-order valence-corrected chi connectivity index (χ1v) is 7.80. The molecular weight excluding hydrogens is 303 g/mol. The van der Waals surface area contributed by atoms with E-state index in [-0.39, 0.29) is 35.6 Å². The molecule has 22 heavy (non-hydrogen) atoms. The highest BCUT2D eigenvalue weighted by atomic mass is 35.5. The van der Waals surface area contributed by atoms with Gasteiger partial charge in [0, 0.05) is 24.4 Å². The lowest BCUT2D eigenvalue weighted by Crippen LogP contribution is -2.43. The SMILES string of the molecule is CC(N)CC(=O)NCC1(c2ccc(F)cc2)CCCCC1.Cl. The fourth-order valence-corrected chi connectivity index (χ4v) is 3.23. The van der Waals surface area contributed by atoms with Crippen LogP contribution in [0.4, 0.5) is 4.39 Å². The molecule has 1 fully saturated rings. The lowest BCUT2D eigenvalue weighted by atomic mass is 9.69. The Balaban J connectivity index is 0.00000242. The zero-order valence-corrected chi connectivity index (χ0v) is 13.9. The van der Waals surface area contributed by atoms with Gasteiger partial charge in [-0.05, 0) is 37.5 Å². The minimum atomic E-state index is -0.217. The smallest absolute Gasteiger partial charge is 0.221 e. The number of halogens is 2. The first-order valence-electron chi connectivity index (χ1n) is 7.80. The molecule has 5 heteroatoms. The van der Waals surface area contributed by atoms with E-state index in [1.54, 1.807) is 0 Å². The van der Waals surface area contributed by atoms with E-state index in [0.29, 0.717) is 13.0 Å². The Bertz CT molecular complexity index is 470. The van der Waals surface area contributed by atoms with Crippen molar-refractivity contribution in [3.05, 3.63) is 35.6 Å². The molecule has 0 saturated heterocycles. The van der Waals surface area contributed by atoms with Crippen molar-refractivity contribution in [2.24, 2.45) is 5.73 Å². The van der Waals surface area contributed by atoms with Crippen molar-refractivity contribution in [2.75, 3.05) is 6.54 Å². The number of amides is 1. The van der Waals surface area contributed by atoms with Gasteiger partial charge in [0.05, 0.1) is 0 Å². The van der Waals surface area contributed by atoms with E-state index in [9.17, 15) is 9.18 Å². The van der Waals surface area contributed by atoms with Gasteiger partial charge in [-0.3, -0.25) is 4.79 Å². The van der Waals surface area contributed by atoms with E-state index in [4.69, 9.17) is 5.73 Å². The minimum Gasteiger partial charge on any atom is -0.355 e. The summed E-state index contributed by atoms with van der Waals surface area (Å²) in [6.07, 6.45) is 5.96. The van der Waals surface area contributed by atoms with Crippen molar-refractivity contribution in [1.82, 2.24) is 5.32 Å². The van der Waals surface area contributed by atoms with Crippen LogP contribution < -0.4 is 11.1 Å². The Labute approximate surface area is 138 Å². The molecule has 3 nitrogen and oxygen atoms in total. The number of nitrogens with two attached hydrogens (primary N) is 1. The van der Waals surface area contributed by atoms with Gasteiger partial charge >= 0.3 is 0 Å². The number of rotatable bonds is 5. The monoisotopic (exact) mass is 328 g/mol. The first kappa shape index (κ1) is 18.9. The van der Waals surface area contributed by atoms with Crippen molar-refractivity contribution in [2.45, 2.75) is 56.9 Å². The van der Waals surface area contributed by atoms with Crippen LogP contribution in [0.2, 0.25) is 0 Å². The molecule has 1 unspecified atom stereocenters. The fourth-order valence-electron chi connectivity index (χ4n) is 3.23. The topological polar surface area (TPSA) is 55.1 Å². The minimum absolute atomic E-state index is 0. The van der Waals surface area contributed by atoms with Gasteiger partial charge in [-0.1, -0.05) is 31.4 Å². The summed E-state index contributed by atoms with van der Waals surface area (Å²) < 4.78 is 13.2. The second kappa shape index (κ2) is 8.49. The molecule has 0 aromatic heterocycles. The zero-order chi connectivity index (χ0) is 15.3. The number of carbonyl (C=O) groups is 1. The fraction of sp³-hybridized carbons (Fsp3) is 0.588. The molecule has 1 aliphatic carbocycles. The molecule has 1 saturated carbocycles. The van der Waals surface area contributed by atoms with Crippen LogP contribution in [0, 0.1) is 5.82 Å². The van der Waals surface area contributed by atoms with Gasteiger partial charge in [0.1, 0.15) is 5.82 Å². The third-order valence-corrected chi connectivity index (χ3v) is 4.40. The van der Waals surface area contributed by atoms with E-state index in [0.717, 1.165) is 31.2 Å². The zero-order valence-electron chi connectivity index (χ0n) is 13.1. The second-order valence-electron chi connectivity index (χ2n) is 6.31. The van der Waals surface area contributed by atoms with Gasteiger partial charge in [-0.2, -0.15) is 0 Å². The van der Waals surface area contributed by atoms with Gasteiger partial charge < -0.3 is 11.1 Å². The molecule has 0 spiro atoms. The summed E-state index contributed by atoms with van der Waals surface area (Å²) in [6, 6.07) is 6.61. The summed E-state index contributed by atoms with van der Waals surface area (Å²) in [4.78, 5) is 11.9. The third kappa shape index (κ3) is 4.96. The lowest BCUT2D eigenvalue weighted by Gasteiger charge is -2.38. The second-order valence-corrected chi connectivity index (χ2v) is 6.31. The summed E-state index contributed by atoms with van der Waals surface area (Å²) in [7, 11) is 0. The van der Waals surface area contributed by atoms with Crippen LogP contribution in [0.3, 0.4) is 0 Å². The van der Waals surface area contributed by atoms with Gasteiger partial charge in [-0.25, -0.2) is 4.39 Å². The highest BCUT2D eigenvalue weighted by molar-refractivity contribution is 5.85. The first-order chi connectivity index (χ1) is 10.0. The molecule has 0 radical (unpaired) electrons. The Morgan fingerprint density at radius 3 is 2.41 bits per heavy atom. The van der Waals surface area contributed by atoms with Crippen LogP contribution >= 0.6 is 12.4 Å². The van der Waals surface area contributed by atoms with Crippen LogP contribution in [0.15, 0.2) is 24.3 Å². The van der Waals surface area contributed by atoms with E-state index < -0.39 is 0 Å². The molecule has 1 aromatic carbocycles. The summed E-state index contributed by atoms with van der Waals surface area (Å²) in [5, 5.41) is 3.02. The highest BCUT2D eigenvalue weighted by Gasteiger charge is 2.34. The average molecular weight is 329 g/mol. The van der Waals surface area contributed by atoms with Crippen LogP contribution in [0.5, 0.6) is 0 Å². The summed E-state index contributed by atoms with van der Waals surface area (Å²) in [5.74, 6) is -0.220. The van der Waals surface area contributed by atoms with E-state index in [1.165, 1.54) is 18.6 Å². The number of hydrogen-bond acceptors (Lipinski definition) is 2. The predicted octanol–water partition coefficient (Wildman–Crippen LogP) is 3.30. The standard InChI is InChI=1S/C17H25FN2O.ClH/c1-13(19)11-16(21)20-12-17(9-3-2-4-10-17)14-5-7-15(18)8-6-14;/h5-8,13H,2-4,9-12,19H2,1H3,(H,20,21);1H. The molecule has 1 atom stereocenters. The molecule has 3 N–H and O–H groups in total. The Morgan fingerprint density at radius 2 is 1.86 bits per heavy atom. The summed E-state index contributed by atoms with van der Waals surface area (Å²) >= 11 is 0. The Kier molecular flexibility index (Phi) is 7.30. The van der Waals surface area contributed by atoms with Crippen molar-refractivity contribution >= 4 is 18.3 Å². The quantitative estimate of drug-likeness (QED) is 0.871. The summed E-state index contributed by atoms with van der Waals surface area (Å²) in [5.41, 5.74) is 6.73. The number of benzene rings is 1. The molecule has 0 heterocycles. The van der Waals surface area contributed by atoms with E-state index in [2.05, 4.69) is 5.32 Å². The highest BCUT2D eigenvalue weighted by Crippen LogP contribution is 2.39. The molecule has 1 amide bonds. The predicted molar refractivity (Wildman–Crippen MR) is 89.7 cm³/mol. The van der Waals surface area contributed by atoms with Gasteiger partial charge in [0.2, 0.25) is 5.91 Å². The van der Waals surface area contributed by atoms with Gasteiger partial charge in [0.25, 0.3) is 0 Å². The average Bonchev–Trinajstić information content (AvgIpc) is 2.46. The molecule has 0 aliphatic heterocycles. The molecule has 1 aliphatic rings. The Hall–Kier alpha value is -1.13. The van der Waals surface area contributed by atoms with E-state index in [1.807, 2.05) is 19.1 Å². The number of carbonyl (C=O) groups excluding carboxylic acids is 1. The normalized spacial score (nSPS) is 18.1. The lowest BCUT2D eigenvalue weighted by molar-refractivity contribution is -0.121. The molecular formula is C17H26ClFN2O. The maximum Gasteiger partial charge on any atom is 0.221 e. The van der Waals surface area contributed by atoms with Crippen molar-refractivity contribution in [3.8, 4) is 0 Å². The molecule has 0 bridgehead atoms. The van der Waals surface area contributed by atoms with Crippen LogP contribution in [0.1, 0.15) is 51.0 Å². The number of hydrogen-bond donors (Lipinski definition) is 2. The van der Waals surface area contributed by atoms with Crippen LogP contribution in [0.25, 0.3) is 0 Å². The van der Waals surface area contributed by atoms with Crippen molar-refractivity contribution < 1.29 is 9.18 Å². The molecule has 124 valence electrons. The van der Waals surface area contributed by atoms with Crippen molar-refractivity contribution in [3.63, 3.8) is 0 Å². The Morgan fingerprint density at radius 1 is 1.27 bits per heavy atom. The van der Waals surface area contributed by atoms with Crippen LogP contribution in [-0.4, -0.2) is 18.5 Å².